The average molecular weight is 149 g/mol. The molecule has 1 aliphatic heterocycles. The molecule has 1 aromatic carbocycles. The second-order valence-electron chi connectivity index (χ2n) is 2.53. The van der Waals surface area contributed by atoms with E-state index in [0.717, 1.165) is 12.1 Å². The first-order valence-corrected chi connectivity index (χ1v) is 3.55. The van der Waals surface area contributed by atoms with Crippen molar-refractivity contribution in [1.29, 1.82) is 0 Å². The molecule has 2 heteroatoms. The quantitative estimate of drug-likeness (QED) is 0.594. The Morgan fingerprint density at radius 1 is 1.36 bits per heavy atom. The fourth-order valence-electron chi connectivity index (χ4n) is 1.23. The summed E-state index contributed by atoms with van der Waals surface area (Å²) in [5.74, 6) is -0.139. The molecule has 0 fully saturated rings. The van der Waals surface area contributed by atoms with Crippen LogP contribution in [0.15, 0.2) is 24.4 Å². The summed E-state index contributed by atoms with van der Waals surface area (Å²) in [6.45, 7) is 0.726. The van der Waals surface area contributed by atoms with Gasteiger partial charge in [0.15, 0.2) is 0 Å². The summed E-state index contributed by atoms with van der Waals surface area (Å²) in [6, 6.07) is 5.14. The number of halogens is 1. The zero-order valence-electron chi connectivity index (χ0n) is 5.97. The second-order valence-corrected chi connectivity index (χ2v) is 2.53. The maximum Gasteiger partial charge on any atom is 0.130 e. The van der Waals surface area contributed by atoms with Gasteiger partial charge in [-0.15, -0.1) is 0 Å². The SMILES string of the molecule is Fc1cccc2c1C=CNC2. The van der Waals surface area contributed by atoms with E-state index in [2.05, 4.69) is 5.32 Å². The van der Waals surface area contributed by atoms with E-state index in [4.69, 9.17) is 0 Å². The molecule has 0 saturated heterocycles. The van der Waals surface area contributed by atoms with Crippen LogP contribution in [0, 0.1) is 5.82 Å². The maximum atomic E-state index is 13.0. The standard InChI is InChI=1S/C9H8FN/c10-9-3-1-2-7-6-11-5-4-8(7)9/h1-5,11H,6H2. The molecule has 0 amide bonds. The molecule has 1 nitrogen and oxygen atoms in total. The molecule has 11 heavy (non-hydrogen) atoms. The van der Waals surface area contributed by atoms with Gasteiger partial charge in [-0.25, -0.2) is 4.39 Å². The van der Waals surface area contributed by atoms with Gasteiger partial charge in [-0.1, -0.05) is 12.1 Å². The number of benzene rings is 1. The molecule has 0 aromatic heterocycles. The van der Waals surface area contributed by atoms with E-state index in [9.17, 15) is 4.39 Å². The lowest BCUT2D eigenvalue weighted by atomic mass is 10.1. The summed E-state index contributed by atoms with van der Waals surface area (Å²) < 4.78 is 13.0. The Bertz CT molecular complexity index is 304. The number of nitrogens with one attached hydrogen (secondary N) is 1. The van der Waals surface area contributed by atoms with E-state index < -0.39 is 0 Å². The average Bonchev–Trinajstić information content (AvgIpc) is 2.06. The Labute approximate surface area is 64.5 Å². The predicted octanol–water partition coefficient (Wildman–Crippen LogP) is 1.90. The Morgan fingerprint density at radius 2 is 2.27 bits per heavy atom. The van der Waals surface area contributed by atoms with Crippen molar-refractivity contribution in [3.05, 3.63) is 41.3 Å². The van der Waals surface area contributed by atoms with Crippen LogP contribution in [0.25, 0.3) is 6.08 Å². The Balaban J connectivity index is 2.60. The highest BCUT2D eigenvalue weighted by Gasteiger charge is 2.06. The van der Waals surface area contributed by atoms with Crippen molar-refractivity contribution in [3.63, 3.8) is 0 Å². The van der Waals surface area contributed by atoms with Crippen LogP contribution in [0.5, 0.6) is 0 Å². The normalized spacial score (nSPS) is 13.9. The van der Waals surface area contributed by atoms with Crippen molar-refractivity contribution in [2.45, 2.75) is 6.54 Å². The number of hydrogen-bond acceptors (Lipinski definition) is 1. The lowest BCUT2D eigenvalue weighted by Crippen LogP contribution is -2.10. The summed E-state index contributed by atoms with van der Waals surface area (Å²) in [6.07, 6.45) is 3.53. The van der Waals surface area contributed by atoms with Crippen molar-refractivity contribution < 1.29 is 4.39 Å². The lowest BCUT2D eigenvalue weighted by molar-refractivity contribution is 0.619. The van der Waals surface area contributed by atoms with Gasteiger partial charge in [0.1, 0.15) is 5.82 Å². The van der Waals surface area contributed by atoms with Crippen molar-refractivity contribution in [2.75, 3.05) is 0 Å². The van der Waals surface area contributed by atoms with E-state index in [-0.39, 0.29) is 5.82 Å². The minimum Gasteiger partial charge on any atom is -0.387 e. The lowest BCUT2D eigenvalue weighted by Gasteiger charge is -2.11. The fourth-order valence-corrected chi connectivity index (χ4v) is 1.23. The first-order valence-electron chi connectivity index (χ1n) is 3.55. The molecule has 0 atom stereocenters. The Morgan fingerprint density at radius 3 is 3.09 bits per heavy atom. The number of hydrogen-bond donors (Lipinski definition) is 1. The van der Waals surface area contributed by atoms with Gasteiger partial charge in [0.05, 0.1) is 0 Å². The first kappa shape index (κ1) is 6.40. The summed E-state index contributed by atoms with van der Waals surface area (Å²) in [5.41, 5.74) is 1.73. The van der Waals surface area contributed by atoms with E-state index in [1.807, 2.05) is 6.07 Å². The van der Waals surface area contributed by atoms with Gasteiger partial charge in [-0.05, 0) is 23.9 Å². The minimum atomic E-state index is -0.139. The highest BCUT2D eigenvalue weighted by molar-refractivity contribution is 5.56. The second kappa shape index (κ2) is 2.38. The largest absolute Gasteiger partial charge is 0.387 e. The predicted molar refractivity (Wildman–Crippen MR) is 42.3 cm³/mol. The minimum absolute atomic E-state index is 0.139. The van der Waals surface area contributed by atoms with Crippen molar-refractivity contribution >= 4 is 6.08 Å². The zero-order valence-corrected chi connectivity index (χ0v) is 5.97. The topological polar surface area (TPSA) is 12.0 Å². The van der Waals surface area contributed by atoms with Gasteiger partial charge < -0.3 is 5.32 Å². The monoisotopic (exact) mass is 149 g/mol. The van der Waals surface area contributed by atoms with Gasteiger partial charge in [0.2, 0.25) is 0 Å². The molecule has 0 bridgehead atoms. The van der Waals surface area contributed by atoms with Crippen LogP contribution in [0.2, 0.25) is 0 Å². The van der Waals surface area contributed by atoms with Crippen LogP contribution in [0.1, 0.15) is 11.1 Å². The highest BCUT2D eigenvalue weighted by atomic mass is 19.1. The van der Waals surface area contributed by atoms with Crippen LogP contribution >= 0.6 is 0 Å². The molecule has 1 heterocycles. The van der Waals surface area contributed by atoms with Gasteiger partial charge in [0, 0.05) is 12.1 Å². The summed E-state index contributed by atoms with van der Waals surface area (Å²) >= 11 is 0. The Hall–Kier alpha value is -1.31. The number of fused-ring (bicyclic) bond motifs is 1. The third kappa shape index (κ3) is 1.00. The van der Waals surface area contributed by atoms with E-state index in [1.165, 1.54) is 6.07 Å². The van der Waals surface area contributed by atoms with Gasteiger partial charge in [-0.2, -0.15) is 0 Å². The van der Waals surface area contributed by atoms with Gasteiger partial charge in [-0.3, -0.25) is 0 Å². The van der Waals surface area contributed by atoms with Crippen LogP contribution in [0.3, 0.4) is 0 Å². The fraction of sp³-hybridized carbons (Fsp3) is 0.111. The van der Waals surface area contributed by atoms with Crippen molar-refractivity contribution in [1.82, 2.24) is 5.32 Å². The third-order valence-corrected chi connectivity index (χ3v) is 1.80. The van der Waals surface area contributed by atoms with Gasteiger partial charge >= 0.3 is 0 Å². The molecule has 1 aliphatic rings. The number of rotatable bonds is 0. The molecular weight excluding hydrogens is 141 g/mol. The van der Waals surface area contributed by atoms with Gasteiger partial charge in [0.25, 0.3) is 0 Å². The molecule has 0 spiro atoms. The van der Waals surface area contributed by atoms with Crippen LogP contribution in [-0.2, 0) is 6.54 Å². The zero-order chi connectivity index (χ0) is 7.68. The molecule has 1 aromatic rings. The molecule has 0 radical (unpaired) electrons. The molecule has 56 valence electrons. The summed E-state index contributed by atoms with van der Waals surface area (Å²) in [7, 11) is 0. The van der Waals surface area contributed by atoms with E-state index in [0.29, 0.717) is 5.56 Å². The molecule has 2 rings (SSSR count). The molecule has 1 N–H and O–H groups in total. The third-order valence-electron chi connectivity index (χ3n) is 1.80. The highest BCUT2D eigenvalue weighted by Crippen LogP contribution is 2.17. The molecular formula is C9H8FN. The van der Waals surface area contributed by atoms with Crippen LogP contribution in [0.4, 0.5) is 4.39 Å². The first-order chi connectivity index (χ1) is 5.38. The maximum absolute atomic E-state index is 13.0. The molecule has 0 aliphatic carbocycles. The van der Waals surface area contributed by atoms with Crippen molar-refractivity contribution in [3.8, 4) is 0 Å². The summed E-state index contributed by atoms with van der Waals surface area (Å²) in [4.78, 5) is 0. The van der Waals surface area contributed by atoms with Crippen LogP contribution in [-0.4, -0.2) is 0 Å². The smallest absolute Gasteiger partial charge is 0.130 e. The van der Waals surface area contributed by atoms with Crippen molar-refractivity contribution in [2.24, 2.45) is 0 Å². The summed E-state index contributed by atoms with van der Waals surface area (Å²) in [5, 5.41) is 3.02. The van der Waals surface area contributed by atoms with E-state index in [1.54, 1.807) is 18.3 Å². The Kier molecular flexibility index (Phi) is 1.39. The molecule has 0 saturated carbocycles. The van der Waals surface area contributed by atoms with Crippen LogP contribution < -0.4 is 5.32 Å². The molecule has 0 unspecified atom stereocenters. The van der Waals surface area contributed by atoms with E-state index >= 15 is 0 Å².